The van der Waals surface area contributed by atoms with Gasteiger partial charge in [-0.05, 0) is 41.8 Å². The molecule has 8 nitrogen and oxygen atoms in total. The second-order valence-corrected chi connectivity index (χ2v) is 9.50. The quantitative estimate of drug-likeness (QED) is 0.256. The summed E-state index contributed by atoms with van der Waals surface area (Å²) in [4.78, 5) is 29.1. The molecule has 4 aromatic rings. The Morgan fingerprint density at radius 2 is 1.76 bits per heavy atom. The zero-order valence-electron chi connectivity index (χ0n) is 19.7. The molecule has 1 saturated heterocycles. The molecule has 2 aliphatic rings. The minimum atomic E-state index is -4.94. The molecule has 3 aromatic carbocycles. The van der Waals surface area contributed by atoms with Gasteiger partial charge in [-0.1, -0.05) is 48.5 Å². The monoisotopic (exact) mass is 522 g/mol. The number of amides is 1. The van der Waals surface area contributed by atoms with Crippen LogP contribution in [-0.2, 0) is 16.8 Å². The Balaban J connectivity index is 1.52. The average molecular weight is 522 g/mol. The van der Waals surface area contributed by atoms with E-state index < -0.39 is 46.5 Å². The van der Waals surface area contributed by atoms with Crippen LogP contribution in [0.25, 0.3) is 10.9 Å². The van der Waals surface area contributed by atoms with E-state index >= 15 is 0 Å². The molecule has 2 aliphatic heterocycles. The summed E-state index contributed by atoms with van der Waals surface area (Å²) in [5.41, 5.74) is 0.954. The van der Waals surface area contributed by atoms with E-state index in [1.807, 2.05) is 24.3 Å². The third kappa shape index (κ3) is 3.77. The van der Waals surface area contributed by atoms with Gasteiger partial charge in [0.2, 0.25) is 11.9 Å². The number of carbonyl (C=O) groups excluding carboxylic acids is 1. The second kappa shape index (κ2) is 8.59. The molecule has 3 heterocycles. The van der Waals surface area contributed by atoms with Gasteiger partial charge in [0.15, 0.2) is 0 Å². The van der Waals surface area contributed by atoms with Gasteiger partial charge in [0.1, 0.15) is 11.3 Å². The lowest BCUT2D eigenvalue weighted by Crippen LogP contribution is -2.49. The molecular weight excluding hydrogens is 501 g/mol. The largest absolute Gasteiger partial charge is 0.573 e. The maximum atomic E-state index is 13.7. The van der Waals surface area contributed by atoms with Crippen LogP contribution in [0.15, 0.2) is 79.0 Å². The molecule has 0 unspecified atom stereocenters. The van der Waals surface area contributed by atoms with Gasteiger partial charge in [0.25, 0.3) is 0 Å². The maximum absolute atomic E-state index is 13.7. The van der Waals surface area contributed by atoms with E-state index in [-0.39, 0.29) is 17.7 Å². The molecule has 1 amide bonds. The summed E-state index contributed by atoms with van der Waals surface area (Å²) in [5.74, 6) is -2.10. The van der Waals surface area contributed by atoms with Crippen LogP contribution >= 0.6 is 0 Å². The van der Waals surface area contributed by atoms with Crippen molar-refractivity contribution in [3.63, 3.8) is 0 Å². The first-order valence-corrected chi connectivity index (χ1v) is 11.9. The predicted molar refractivity (Wildman–Crippen MR) is 132 cm³/mol. The number of nitrogens with one attached hydrogen (secondary N) is 3. The lowest BCUT2D eigenvalue weighted by atomic mass is 9.74. The fraction of sp³-hybridized carbons (Fsp3) is 0.222. The highest BCUT2D eigenvalue weighted by molar-refractivity contribution is 6.07. The van der Waals surface area contributed by atoms with Crippen molar-refractivity contribution in [3.05, 3.63) is 106 Å². The molecule has 0 saturated carbocycles. The first-order chi connectivity index (χ1) is 18.2. The summed E-state index contributed by atoms with van der Waals surface area (Å²) in [5, 5.41) is 19.5. The summed E-state index contributed by atoms with van der Waals surface area (Å²) in [6, 6.07) is 17.6. The van der Waals surface area contributed by atoms with Crippen LogP contribution in [0.5, 0.6) is 5.75 Å². The van der Waals surface area contributed by atoms with Gasteiger partial charge in [-0.25, -0.2) is 0 Å². The summed E-state index contributed by atoms with van der Waals surface area (Å²) >= 11 is 0. The number of nitrogens with zero attached hydrogens (tertiary/aromatic N) is 1. The van der Waals surface area contributed by atoms with Crippen LogP contribution < -0.4 is 15.4 Å². The Morgan fingerprint density at radius 1 is 1.03 bits per heavy atom. The van der Waals surface area contributed by atoms with Crippen molar-refractivity contribution < 1.29 is 27.6 Å². The number of halogens is 3. The van der Waals surface area contributed by atoms with Crippen molar-refractivity contribution in [1.82, 2.24) is 10.3 Å². The van der Waals surface area contributed by atoms with Crippen LogP contribution in [0.2, 0.25) is 0 Å². The highest BCUT2D eigenvalue weighted by atomic mass is 19.4. The van der Waals surface area contributed by atoms with E-state index in [1.165, 1.54) is 6.07 Å². The maximum Gasteiger partial charge on any atom is 0.573 e. The number of alkyl halides is 3. The predicted octanol–water partition coefficient (Wildman–Crippen LogP) is 4.86. The smallest absolute Gasteiger partial charge is 0.406 e. The molecule has 3 N–H and O–H groups in total. The van der Waals surface area contributed by atoms with Gasteiger partial charge in [0, 0.05) is 33.3 Å². The van der Waals surface area contributed by atoms with Crippen LogP contribution in [0.4, 0.5) is 18.9 Å². The number of aromatic amines is 1. The van der Waals surface area contributed by atoms with Gasteiger partial charge >= 0.3 is 6.36 Å². The molecule has 11 heteroatoms. The molecule has 0 bridgehead atoms. The number of benzene rings is 3. The number of hydrogen-bond acceptors (Lipinski definition) is 5. The Kier molecular flexibility index (Phi) is 5.42. The molecule has 0 aliphatic carbocycles. The zero-order chi connectivity index (χ0) is 26.7. The van der Waals surface area contributed by atoms with Gasteiger partial charge in [-0.2, -0.15) is 0 Å². The summed E-state index contributed by atoms with van der Waals surface area (Å²) < 4.78 is 43.2. The van der Waals surface area contributed by atoms with Crippen LogP contribution in [0.3, 0.4) is 0 Å². The minimum absolute atomic E-state index is 0.173. The molecule has 38 heavy (non-hydrogen) atoms. The molecule has 1 spiro atoms. The average Bonchev–Trinajstić information content (AvgIpc) is 3.52. The van der Waals surface area contributed by atoms with E-state index in [1.54, 1.807) is 36.5 Å². The van der Waals surface area contributed by atoms with E-state index in [2.05, 4.69) is 20.4 Å². The van der Waals surface area contributed by atoms with Crippen molar-refractivity contribution in [2.75, 3.05) is 5.32 Å². The first kappa shape index (κ1) is 24.0. The number of ether oxygens (including phenoxy) is 1. The Morgan fingerprint density at radius 3 is 2.50 bits per heavy atom. The van der Waals surface area contributed by atoms with Crippen molar-refractivity contribution >= 4 is 22.5 Å². The topological polar surface area (TPSA) is 109 Å². The Bertz CT molecular complexity index is 1550. The highest BCUT2D eigenvalue weighted by Crippen LogP contribution is 2.53. The van der Waals surface area contributed by atoms with E-state index in [9.17, 15) is 28.1 Å². The number of aromatic nitrogens is 1. The molecular formula is C27H21F3N4O4. The lowest BCUT2D eigenvalue weighted by molar-refractivity contribution is -0.526. The summed E-state index contributed by atoms with van der Waals surface area (Å²) in [7, 11) is 0. The van der Waals surface area contributed by atoms with E-state index in [4.69, 9.17) is 0 Å². The molecule has 4 atom stereocenters. The normalized spacial score (nSPS) is 24.5. The van der Waals surface area contributed by atoms with Crippen LogP contribution in [0, 0.1) is 10.1 Å². The van der Waals surface area contributed by atoms with Crippen LogP contribution in [-0.4, -0.2) is 34.3 Å². The minimum Gasteiger partial charge on any atom is -0.406 e. The second-order valence-electron chi connectivity index (χ2n) is 9.50. The number of carbonyl (C=O) groups is 1. The van der Waals surface area contributed by atoms with Crippen molar-refractivity contribution in [1.29, 1.82) is 0 Å². The zero-order valence-corrected chi connectivity index (χ0v) is 19.7. The van der Waals surface area contributed by atoms with Gasteiger partial charge in [0.05, 0.1) is 12.0 Å². The van der Waals surface area contributed by atoms with Gasteiger partial charge in [-0.3, -0.25) is 20.2 Å². The molecule has 0 radical (unpaired) electrons. The number of rotatable bonds is 5. The van der Waals surface area contributed by atoms with E-state index in [0.29, 0.717) is 5.56 Å². The third-order valence-corrected chi connectivity index (χ3v) is 7.41. The van der Waals surface area contributed by atoms with E-state index in [0.717, 1.165) is 28.6 Å². The summed E-state index contributed by atoms with van der Waals surface area (Å²) in [6.07, 6.45) is -2.95. The van der Waals surface area contributed by atoms with Crippen molar-refractivity contribution in [3.8, 4) is 5.75 Å². The number of hydrogen-bond donors (Lipinski definition) is 3. The number of nitro groups is 1. The Hall–Kier alpha value is -4.38. The fourth-order valence-corrected chi connectivity index (χ4v) is 5.99. The lowest BCUT2D eigenvalue weighted by Gasteiger charge is -2.30. The van der Waals surface area contributed by atoms with Crippen LogP contribution in [0.1, 0.15) is 22.6 Å². The number of fused-ring (bicyclic) bond motifs is 3. The standard InChI is InChI=1S/C27H21F3N4O4/c28-27(29,30)38-17-10-11-21-19(13-17)26(25(35)32-21)23(15-6-2-1-3-7-15)24(34(36)37)22(33-26)12-16-14-31-20-9-5-4-8-18(16)20/h1-11,13-14,22-24,31,33H,12H2,(H,32,35)/t22-,23+,24-,26+/m1/s1. The molecule has 1 fully saturated rings. The van der Waals surface area contributed by atoms with Crippen molar-refractivity contribution in [2.24, 2.45) is 0 Å². The Labute approximate surface area is 214 Å². The molecule has 1 aromatic heterocycles. The highest BCUT2D eigenvalue weighted by Gasteiger charge is 2.66. The molecule has 6 rings (SSSR count). The van der Waals surface area contributed by atoms with Gasteiger partial charge in [-0.15, -0.1) is 13.2 Å². The van der Waals surface area contributed by atoms with Crippen molar-refractivity contribution in [2.45, 2.75) is 36.3 Å². The summed E-state index contributed by atoms with van der Waals surface area (Å²) in [6.45, 7) is 0. The number of anilines is 1. The van der Waals surface area contributed by atoms with Gasteiger partial charge < -0.3 is 15.0 Å². The third-order valence-electron chi connectivity index (χ3n) is 7.41. The number of H-pyrrole nitrogens is 1. The SMILES string of the molecule is O=C1Nc2ccc(OC(F)(F)F)cc2[C@@]12N[C@H](Cc1c[nH]c3ccccc13)[C@@H]([N+](=O)[O-])[C@@H]2c1ccccc1. The number of para-hydroxylation sites is 1. The first-order valence-electron chi connectivity index (χ1n) is 11.9. The fourth-order valence-electron chi connectivity index (χ4n) is 5.99. The molecule has 194 valence electrons.